The highest BCUT2D eigenvalue weighted by Crippen LogP contribution is 2.34. The van der Waals surface area contributed by atoms with Gasteiger partial charge in [-0.05, 0) is 63.1 Å². The number of rotatable bonds is 6. The highest BCUT2D eigenvalue weighted by atomic mass is 32.2. The van der Waals surface area contributed by atoms with E-state index in [4.69, 9.17) is 9.47 Å². The van der Waals surface area contributed by atoms with Crippen molar-refractivity contribution in [2.75, 3.05) is 6.79 Å². The molecule has 0 saturated heterocycles. The van der Waals surface area contributed by atoms with E-state index in [0.29, 0.717) is 22.6 Å². The second-order valence-corrected chi connectivity index (χ2v) is 8.77. The van der Waals surface area contributed by atoms with E-state index in [1.165, 1.54) is 12.1 Å². The molecule has 1 aliphatic heterocycles. The highest BCUT2D eigenvalue weighted by molar-refractivity contribution is 7.89. The number of carbonyl (C=O) groups excluding carboxylic acids is 1. The topological polar surface area (TPSA) is 93.7 Å². The zero-order valence-corrected chi connectivity index (χ0v) is 17.1. The number of sulfonamides is 1. The van der Waals surface area contributed by atoms with Gasteiger partial charge < -0.3 is 14.8 Å². The van der Waals surface area contributed by atoms with Crippen LogP contribution in [0.15, 0.2) is 41.3 Å². The quantitative estimate of drug-likeness (QED) is 0.772. The van der Waals surface area contributed by atoms with Crippen LogP contribution in [-0.2, 0) is 10.0 Å². The summed E-state index contributed by atoms with van der Waals surface area (Å²) < 4.78 is 38.0. The SMILES string of the molecule is Cc1ccc(S(=O)(=O)NC(C)C)cc1C(=O)N[C@@H](C)c1ccc2c(c1)OCO2. The summed E-state index contributed by atoms with van der Waals surface area (Å²) in [6.45, 7) is 7.29. The van der Waals surface area contributed by atoms with Gasteiger partial charge in [-0.1, -0.05) is 12.1 Å². The number of hydrogen-bond donors (Lipinski definition) is 2. The third-order valence-electron chi connectivity index (χ3n) is 4.40. The van der Waals surface area contributed by atoms with E-state index >= 15 is 0 Å². The Balaban J connectivity index is 1.81. The molecule has 1 atom stereocenters. The molecule has 0 saturated carbocycles. The number of amides is 1. The number of benzene rings is 2. The van der Waals surface area contributed by atoms with Gasteiger partial charge in [0.1, 0.15) is 0 Å². The van der Waals surface area contributed by atoms with Gasteiger partial charge in [0.25, 0.3) is 5.91 Å². The predicted octanol–water partition coefficient (Wildman–Crippen LogP) is 2.90. The Morgan fingerprint density at radius 2 is 1.75 bits per heavy atom. The fourth-order valence-electron chi connectivity index (χ4n) is 2.93. The van der Waals surface area contributed by atoms with Crippen LogP contribution < -0.4 is 19.5 Å². The summed E-state index contributed by atoms with van der Waals surface area (Å²) in [5.74, 6) is 0.973. The largest absolute Gasteiger partial charge is 0.454 e. The van der Waals surface area contributed by atoms with Crippen molar-refractivity contribution in [1.29, 1.82) is 0 Å². The zero-order chi connectivity index (χ0) is 20.5. The number of carbonyl (C=O) groups is 1. The van der Waals surface area contributed by atoms with Crippen LogP contribution in [0.3, 0.4) is 0 Å². The van der Waals surface area contributed by atoms with Crippen LogP contribution in [0, 0.1) is 6.92 Å². The Labute approximate surface area is 165 Å². The summed E-state index contributed by atoms with van der Waals surface area (Å²) in [7, 11) is -3.68. The average molecular weight is 404 g/mol. The van der Waals surface area contributed by atoms with Gasteiger partial charge in [-0.15, -0.1) is 0 Å². The molecule has 2 aromatic carbocycles. The summed E-state index contributed by atoms with van der Waals surface area (Å²) in [6, 6.07) is 9.49. The number of aryl methyl sites for hydroxylation is 1. The normalized spacial score (nSPS) is 14.2. The molecule has 0 spiro atoms. The van der Waals surface area contributed by atoms with Crippen LogP contribution in [0.25, 0.3) is 0 Å². The molecule has 8 heteroatoms. The van der Waals surface area contributed by atoms with E-state index in [-0.39, 0.29) is 29.7 Å². The number of fused-ring (bicyclic) bond motifs is 1. The Hall–Kier alpha value is -2.58. The first kappa shape index (κ1) is 20.2. The van der Waals surface area contributed by atoms with Crippen LogP contribution >= 0.6 is 0 Å². The van der Waals surface area contributed by atoms with E-state index in [0.717, 1.165) is 5.56 Å². The lowest BCUT2D eigenvalue weighted by Crippen LogP contribution is -2.31. The third-order valence-corrected chi connectivity index (χ3v) is 6.06. The minimum Gasteiger partial charge on any atom is -0.454 e. The molecule has 2 aromatic rings. The first-order valence-corrected chi connectivity index (χ1v) is 10.5. The fourth-order valence-corrected chi connectivity index (χ4v) is 4.21. The van der Waals surface area contributed by atoms with Gasteiger partial charge in [-0.2, -0.15) is 0 Å². The molecule has 0 aliphatic carbocycles. The molecule has 3 rings (SSSR count). The molecular formula is C20H24N2O5S. The summed E-state index contributed by atoms with van der Waals surface area (Å²) in [5.41, 5.74) is 1.87. The maximum absolute atomic E-state index is 12.8. The van der Waals surface area contributed by atoms with Gasteiger partial charge in [-0.25, -0.2) is 13.1 Å². The molecule has 0 aromatic heterocycles. The smallest absolute Gasteiger partial charge is 0.252 e. The Kier molecular flexibility index (Phi) is 5.62. The molecule has 1 amide bonds. The number of hydrogen-bond acceptors (Lipinski definition) is 5. The molecule has 1 heterocycles. The third kappa shape index (κ3) is 4.28. The monoisotopic (exact) mass is 404 g/mol. The van der Waals surface area contributed by atoms with E-state index in [1.54, 1.807) is 32.9 Å². The molecule has 0 bridgehead atoms. The maximum Gasteiger partial charge on any atom is 0.252 e. The van der Waals surface area contributed by atoms with Gasteiger partial charge >= 0.3 is 0 Å². The number of nitrogens with one attached hydrogen (secondary N) is 2. The molecule has 0 unspecified atom stereocenters. The molecule has 0 radical (unpaired) electrons. The molecule has 0 fully saturated rings. The standard InChI is InChI=1S/C20H24N2O5S/c1-12(2)22-28(24,25)16-7-5-13(3)17(10-16)20(23)21-14(4)15-6-8-18-19(9-15)27-11-26-18/h5-10,12,14,22H,11H2,1-4H3,(H,21,23)/t14-/m0/s1. The maximum atomic E-state index is 12.8. The van der Waals surface area contributed by atoms with Gasteiger partial charge in [0.2, 0.25) is 16.8 Å². The predicted molar refractivity (Wildman–Crippen MR) is 105 cm³/mol. The Morgan fingerprint density at radius 1 is 1.04 bits per heavy atom. The average Bonchev–Trinajstić information content (AvgIpc) is 3.08. The van der Waals surface area contributed by atoms with Crippen LogP contribution in [0.2, 0.25) is 0 Å². The molecule has 150 valence electrons. The lowest BCUT2D eigenvalue weighted by atomic mass is 10.1. The fraction of sp³-hybridized carbons (Fsp3) is 0.350. The molecule has 28 heavy (non-hydrogen) atoms. The van der Waals surface area contributed by atoms with E-state index in [2.05, 4.69) is 10.0 Å². The van der Waals surface area contributed by atoms with E-state index in [1.807, 2.05) is 19.1 Å². The lowest BCUT2D eigenvalue weighted by Gasteiger charge is -2.17. The van der Waals surface area contributed by atoms with Gasteiger partial charge in [0, 0.05) is 11.6 Å². The Morgan fingerprint density at radius 3 is 2.46 bits per heavy atom. The van der Waals surface area contributed by atoms with Crippen molar-refractivity contribution in [2.45, 2.75) is 44.7 Å². The number of ether oxygens (including phenoxy) is 2. The molecule has 7 nitrogen and oxygen atoms in total. The van der Waals surface area contributed by atoms with Gasteiger partial charge in [0.05, 0.1) is 10.9 Å². The van der Waals surface area contributed by atoms with E-state index < -0.39 is 10.0 Å². The first-order valence-electron chi connectivity index (χ1n) is 9.01. The van der Waals surface area contributed by atoms with Gasteiger partial charge in [0.15, 0.2) is 11.5 Å². The van der Waals surface area contributed by atoms with Crippen molar-refractivity contribution in [1.82, 2.24) is 10.0 Å². The first-order chi connectivity index (χ1) is 13.2. The lowest BCUT2D eigenvalue weighted by molar-refractivity contribution is 0.0939. The minimum absolute atomic E-state index is 0.0627. The molecular weight excluding hydrogens is 380 g/mol. The second kappa shape index (κ2) is 7.81. The van der Waals surface area contributed by atoms with Crippen molar-refractivity contribution >= 4 is 15.9 Å². The van der Waals surface area contributed by atoms with Gasteiger partial charge in [-0.3, -0.25) is 4.79 Å². The van der Waals surface area contributed by atoms with Crippen molar-refractivity contribution in [3.63, 3.8) is 0 Å². The Bertz CT molecular complexity index is 1000. The summed E-state index contributed by atoms with van der Waals surface area (Å²) in [6.07, 6.45) is 0. The van der Waals surface area contributed by atoms with Crippen LogP contribution in [0.5, 0.6) is 11.5 Å². The second-order valence-electron chi connectivity index (χ2n) is 7.06. The van der Waals surface area contributed by atoms with Crippen molar-refractivity contribution in [2.24, 2.45) is 0 Å². The molecule has 1 aliphatic rings. The summed E-state index contributed by atoms with van der Waals surface area (Å²) in [5, 5.41) is 2.91. The summed E-state index contributed by atoms with van der Waals surface area (Å²) >= 11 is 0. The van der Waals surface area contributed by atoms with Crippen LogP contribution in [-0.4, -0.2) is 27.2 Å². The zero-order valence-electron chi connectivity index (χ0n) is 16.3. The van der Waals surface area contributed by atoms with Crippen molar-refractivity contribution in [3.8, 4) is 11.5 Å². The van der Waals surface area contributed by atoms with E-state index in [9.17, 15) is 13.2 Å². The van der Waals surface area contributed by atoms with Crippen LogP contribution in [0.4, 0.5) is 0 Å². The van der Waals surface area contributed by atoms with Crippen LogP contribution in [0.1, 0.15) is 48.3 Å². The summed E-state index contributed by atoms with van der Waals surface area (Å²) in [4.78, 5) is 12.9. The molecule has 2 N–H and O–H groups in total. The van der Waals surface area contributed by atoms with Crippen molar-refractivity contribution in [3.05, 3.63) is 53.1 Å². The highest BCUT2D eigenvalue weighted by Gasteiger charge is 2.21. The minimum atomic E-state index is -3.68. The van der Waals surface area contributed by atoms with Crippen molar-refractivity contribution < 1.29 is 22.7 Å².